The lowest BCUT2D eigenvalue weighted by molar-refractivity contribution is -0.203. The summed E-state index contributed by atoms with van der Waals surface area (Å²) in [7, 11) is 0. The standard InChI is InChI=1S/C9H10F6N2O3/c1-6(4(18)19,8(10,11)12)16-5(20)17-7(2-3-7)9(13,14)15/h2-3H2,1H3,(H,18,19)(H2,16,17,20). The summed E-state index contributed by atoms with van der Waals surface area (Å²) >= 11 is 0. The van der Waals surface area contributed by atoms with Gasteiger partial charge in [0, 0.05) is 0 Å². The van der Waals surface area contributed by atoms with Gasteiger partial charge in [-0.25, -0.2) is 9.59 Å². The number of carboxylic acids is 1. The lowest BCUT2D eigenvalue weighted by Crippen LogP contribution is -2.65. The Morgan fingerprint density at radius 2 is 1.55 bits per heavy atom. The average molecular weight is 308 g/mol. The first-order valence-electron chi connectivity index (χ1n) is 5.22. The van der Waals surface area contributed by atoms with Crippen LogP contribution in [0.3, 0.4) is 0 Å². The molecule has 3 N–H and O–H groups in total. The zero-order valence-corrected chi connectivity index (χ0v) is 9.95. The van der Waals surface area contributed by atoms with E-state index in [1.165, 1.54) is 5.32 Å². The van der Waals surface area contributed by atoms with E-state index in [-0.39, 0.29) is 6.92 Å². The Hall–Kier alpha value is -1.68. The number of aliphatic carboxylic acids is 1. The van der Waals surface area contributed by atoms with E-state index in [9.17, 15) is 35.9 Å². The minimum atomic E-state index is -5.37. The fourth-order valence-electron chi connectivity index (χ4n) is 1.33. The molecular formula is C9H10F6N2O3. The molecule has 0 heterocycles. The number of amides is 2. The molecule has 0 aliphatic heterocycles. The van der Waals surface area contributed by atoms with E-state index in [4.69, 9.17) is 5.11 Å². The number of rotatable bonds is 3. The summed E-state index contributed by atoms with van der Waals surface area (Å²) in [5, 5.41) is 10.9. The second-order valence-corrected chi connectivity index (χ2v) is 4.59. The molecule has 11 heteroatoms. The number of carbonyl (C=O) groups excluding carboxylic acids is 1. The molecule has 5 nitrogen and oxygen atoms in total. The number of urea groups is 1. The summed E-state index contributed by atoms with van der Waals surface area (Å²) in [6.45, 7) is 0.141. The number of hydrogen-bond donors (Lipinski definition) is 3. The highest BCUT2D eigenvalue weighted by atomic mass is 19.4. The highest BCUT2D eigenvalue weighted by Crippen LogP contribution is 2.48. The van der Waals surface area contributed by atoms with Gasteiger partial charge in [-0.1, -0.05) is 0 Å². The minimum Gasteiger partial charge on any atom is -0.479 e. The molecule has 1 unspecified atom stereocenters. The topological polar surface area (TPSA) is 78.4 Å². The molecule has 116 valence electrons. The van der Waals surface area contributed by atoms with Gasteiger partial charge < -0.3 is 15.7 Å². The van der Waals surface area contributed by atoms with Crippen LogP contribution in [0.4, 0.5) is 31.1 Å². The molecule has 1 aliphatic carbocycles. The van der Waals surface area contributed by atoms with E-state index < -0.39 is 48.3 Å². The molecule has 0 saturated heterocycles. The van der Waals surface area contributed by atoms with Crippen LogP contribution in [0.5, 0.6) is 0 Å². The molecule has 2 amide bonds. The molecule has 0 aromatic rings. The smallest absolute Gasteiger partial charge is 0.422 e. The Bertz CT molecular complexity index is 428. The third kappa shape index (κ3) is 2.75. The highest BCUT2D eigenvalue weighted by molar-refractivity contribution is 5.87. The molecule has 0 aromatic heterocycles. The Balaban J connectivity index is 2.83. The van der Waals surface area contributed by atoms with Gasteiger partial charge in [0.1, 0.15) is 5.54 Å². The minimum absolute atomic E-state index is 0.141. The highest BCUT2D eigenvalue weighted by Gasteiger charge is 2.65. The zero-order chi connectivity index (χ0) is 16.0. The molecule has 20 heavy (non-hydrogen) atoms. The number of halogens is 6. The van der Waals surface area contributed by atoms with Crippen molar-refractivity contribution in [3.63, 3.8) is 0 Å². The van der Waals surface area contributed by atoms with E-state index >= 15 is 0 Å². The molecule has 0 spiro atoms. The van der Waals surface area contributed by atoms with E-state index in [0.29, 0.717) is 0 Å². The van der Waals surface area contributed by atoms with Crippen molar-refractivity contribution in [1.82, 2.24) is 10.6 Å². The Morgan fingerprint density at radius 1 is 1.10 bits per heavy atom. The predicted octanol–water partition coefficient (Wildman–Crippen LogP) is 1.79. The summed E-state index contributed by atoms with van der Waals surface area (Å²) < 4.78 is 75.2. The van der Waals surface area contributed by atoms with Crippen molar-refractivity contribution in [3.05, 3.63) is 0 Å². The van der Waals surface area contributed by atoms with E-state index in [0.717, 1.165) is 5.32 Å². The van der Waals surface area contributed by atoms with E-state index in [1.54, 1.807) is 0 Å². The van der Waals surface area contributed by atoms with Crippen molar-refractivity contribution in [2.75, 3.05) is 0 Å². The summed E-state index contributed by atoms with van der Waals surface area (Å²) in [6, 6.07) is -1.85. The SMILES string of the molecule is CC(NC(=O)NC1(C(F)(F)F)CC1)(C(=O)O)C(F)(F)F. The fraction of sp³-hybridized carbons (Fsp3) is 0.778. The van der Waals surface area contributed by atoms with E-state index in [2.05, 4.69) is 0 Å². The molecule has 0 aromatic carbocycles. The van der Waals surface area contributed by atoms with Gasteiger partial charge in [-0.05, 0) is 19.8 Å². The van der Waals surface area contributed by atoms with Crippen LogP contribution in [0.25, 0.3) is 0 Å². The molecule has 1 saturated carbocycles. The lowest BCUT2D eigenvalue weighted by Gasteiger charge is -2.30. The van der Waals surface area contributed by atoms with Crippen molar-refractivity contribution in [2.24, 2.45) is 0 Å². The van der Waals surface area contributed by atoms with Gasteiger partial charge in [-0.15, -0.1) is 0 Å². The Morgan fingerprint density at radius 3 is 1.80 bits per heavy atom. The van der Waals surface area contributed by atoms with Crippen LogP contribution in [-0.2, 0) is 4.79 Å². The van der Waals surface area contributed by atoms with Gasteiger partial charge in [0.15, 0.2) is 0 Å². The van der Waals surface area contributed by atoms with Gasteiger partial charge in [-0.2, -0.15) is 26.3 Å². The van der Waals surface area contributed by atoms with Gasteiger partial charge in [0.25, 0.3) is 0 Å². The average Bonchev–Trinajstić information content (AvgIpc) is 2.95. The predicted molar refractivity (Wildman–Crippen MR) is 51.8 cm³/mol. The second-order valence-electron chi connectivity index (χ2n) is 4.59. The quantitative estimate of drug-likeness (QED) is 0.696. The maximum Gasteiger partial charge on any atom is 0.422 e. The van der Waals surface area contributed by atoms with Crippen molar-refractivity contribution in [2.45, 2.75) is 43.2 Å². The van der Waals surface area contributed by atoms with Gasteiger partial charge >= 0.3 is 24.4 Å². The largest absolute Gasteiger partial charge is 0.479 e. The molecule has 1 aliphatic rings. The number of carbonyl (C=O) groups is 2. The van der Waals surface area contributed by atoms with Crippen LogP contribution in [-0.4, -0.2) is 40.5 Å². The van der Waals surface area contributed by atoms with Crippen molar-refractivity contribution >= 4 is 12.0 Å². The van der Waals surface area contributed by atoms with E-state index in [1.807, 2.05) is 0 Å². The maximum absolute atomic E-state index is 12.6. The first-order chi connectivity index (χ1) is 8.75. The van der Waals surface area contributed by atoms with Gasteiger partial charge in [0.05, 0.1) is 0 Å². The van der Waals surface area contributed by atoms with Crippen LogP contribution < -0.4 is 10.6 Å². The first-order valence-corrected chi connectivity index (χ1v) is 5.22. The van der Waals surface area contributed by atoms with Crippen LogP contribution in [0.1, 0.15) is 19.8 Å². The molecule has 0 radical (unpaired) electrons. The summed E-state index contributed by atoms with van der Waals surface area (Å²) in [4.78, 5) is 21.8. The number of nitrogens with one attached hydrogen (secondary N) is 2. The van der Waals surface area contributed by atoms with Crippen molar-refractivity contribution in [3.8, 4) is 0 Å². The van der Waals surface area contributed by atoms with Gasteiger partial charge in [0.2, 0.25) is 5.54 Å². The molecular weight excluding hydrogens is 298 g/mol. The molecule has 0 bridgehead atoms. The lowest BCUT2D eigenvalue weighted by atomic mass is 10.0. The Kier molecular flexibility index (Phi) is 3.62. The molecule has 1 rings (SSSR count). The van der Waals surface area contributed by atoms with Crippen LogP contribution in [0, 0.1) is 0 Å². The van der Waals surface area contributed by atoms with Crippen LogP contribution in [0.15, 0.2) is 0 Å². The van der Waals surface area contributed by atoms with Crippen LogP contribution in [0.2, 0.25) is 0 Å². The summed E-state index contributed by atoms with van der Waals surface area (Å²) in [6.07, 6.45) is -11.1. The van der Waals surface area contributed by atoms with Gasteiger partial charge in [-0.3, -0.25) is 0 Å². The second kappa shape index (κ2) is 4.42. The van der Waals surface area contributed by atoms with Crippen molar-refractivity contribution < 1.29 is 41.0 Å². The third-order valence-electron chi connectivity index (χ3n) is 3.00. The zero-order valence-electron chi connectivity index (χ0n) is 9.95. The molecule has 1 fully saturated rings. The maximum atomic E-state index is 12.6. The summed E-state index contributed by atoms with van der Waals surface area (Å²) in [5.74, 6) is -2.43. The number of carboxylic acid groups (broad SMARTS) is 1. The summed E-state index contributed by atoms with van der Waals surface area (Å²) in [5.41, 5.74) is -6.26. The number of hydrogen-bond acceptors (Lipinski definition) is 2. The monoisotopic (exact) mass is 308 g/mol. The fourth-order valence-corrected chi connectivity index (χ4v) is 1.33. The third-order valence-corrected chi connectivity index (χ3v) is 3.00. The van der Waals surface area contributed by atoms with Crippen molar-refractivity contribution in [1.29, 1.82) is 0 Å². The Labute approximate surface area is 108 Å². The number of alkyl halides is 6. The van der Waals surface area contributed by atoms with Crippen LogP contribution >= 0.6 is 0 Å². The normalized spacial score (nSPS) is 20.8. The first kappa shape index (κ1) is 16.4. The molecule has 1 atom stereocenters.